The first-order chi connectivity index (χ1) is 11.5. The molecule has 1 aromatic heterocycles. The highest BCUT2D eigenvalue weighted by Crippen LogP contribution is 2.24. The van der Waals surface area contributed by atoms with Crippen LogP contribution < -0.4 is 10.6 Å². The summed E-state index contributed by atoms with van der Waals surface area (Å²) in [5.74, 6) is 0.00918. The Morgan fingerprint density at radius 1 is 1.21 bits per heavy atom. The molecule has 0 spiro atoms. The number of benzene rings is 1. The van der Waals surface area contributed by atoms with Crippen LogP contribution in [-0.2, 0) is 4.79 Å². The van der Waals surface area contributed by atoms with Crippen LogP contribution in [0.1, 0.15) is 24.5 Å². The molecule has 8 heteroatoms. The van der Waals surface area contributed by atoms with Crippen LogP contribution in [-0.4, -0.2) is 34.4 Å². The molecular formula is C16H20N4O3S. The minimum Gasteiger partial charge on any atom is -0.411 e. The van der Waals surface area contributed by atoms with Crippen molar-refractivity contribution in [3.8, 4) is 11.5 Å². The molecule has 2 rings (SSSR count). The Balaban J connectivity index is 1.88. The Labute approximate surface area is 144 Å². The molecule has 1 heterocycles. The van der Waals surface area contributed by atoms with E-state index in [1.54, 1.807) is 0 Å². The fraction of sp³-hybridized carbons (Fsp3) is 0.375. The summed E-state index contributed by atoms with van der Waals surface area (Å²) in [6, 6.07) is 5.38. The number of urea groups is 1. The lowest BCUT2D eigenvalue weighted by Gasteiger charge is -2.04. The van der Waals surface area contributed by atoms with Crippen LogP contribution >= 0.6 is 11.8 Å². The van der Waals surface area contributed by atoms with E-state index in [1.165, 1.54) is 5.56 Å². The van der Waals surface area contributed by atoms with E-state index in [4.69, 9.17) is 4.42 Å². The summed E-state index contributed by atoms with van der Waals surface area (Å²) in [7, 11) is 0. The largest absolute Gasteiger partial charge is 0.411 e. The second-order valence-corrected chi connectivity index (χ2v) is 6.19. The van der Waals surface area contributed by atoms with Crippen LogP contribution in [0.15, 0.2) is 27.8 Å². The van der Waals surface area contributed by atoms with Gasteiger partial charge in [0.05, 0.1) is 5.75 Å². The molecule has 0 unspecified atom stereocenters. The Morgan fingerprint density at radius 3 is 2.71 bits per heavy atom. The van der Waals surface area contributed by atoms with Gasteiger partial charge in [-0.2, -0.15) is 0 Å². The van der Waals surface area contributed by atoms with Crippen LogP contribution in [0.4, 0.5) is 4.79 Å². The highest BCUT2D eigenvalue weighted by atomic mass is 32.2. The Hall–Kier alpha value is -2.35. The lowest BCUT2D eigenvalue weighted by atomic mass is 10.1. The summed E-state index contributed by atoms with van der Waals surface area (Å²) in [6.45, 7) is 6.50. The van der Waals surface area contributed by atoms with Gasteiger partial charge in [-0.3, -0.25) is 10.1 Å². The first-order valence-electron chi connectivity index (χ1n) is 7.61. The third-order valence-electron chi connectivity index (χ3n) is 3.28. The SMILES string of the molecule is CCCNC(=O)NC(=O)CSc1nnc(-c2ccc(C)c(C)c2)o1. The quantitative estimate of drug-likeness (QED) is 0.779. The first kappa shape index (κ1) is 18.0. The number of aromatic nitrogens is 2. The van der Waals surface area contributed by atoms with Crippen molar-refractivity contribution in [1.82, 2.24) is 20.8 Å². The van der Waals surface area contributed by atoms with E-state index in [-0.39, 0.29) is 11.0 Å². The van der Waals surface area contributed by atoms with Gasteiger partial charge in [-0.1, -0.05) is 24.8 Å². The maximum Gasteiger partial charge on any atom is 0.321 e. The number of hydrogen-bond donors (Lipinski definition) is 2. The van der Waals surface area contributed by atoms with Crippen molar-refractivity contribution < 1.29 is 14.0 Å². The zero-order valence-electron chi connectivity index (χ0n) is 13.9. The van der Waals surface area contributed by atoms with Crippen molar-refractivity contribution in [1.29, 1.82) is 0 Å². The maximum absolute atomic E-state index is 11.7. The molecule has 7 nitrogen and oxygen atoms in total. The van der Waals surface area contributed by atoms with Gasteiger partial charge < -0.3 is 9.73 Å². The van der Waals surface area contributed by atoms with Crippen molar-refractivity contribution in [2.45, 2.75) is 32.4 Å². The predicted molar refractivity (Wildman–Crippen MR) is 91.8 cm³/mol. The molecule has 128 valence electrons. The van der Waals surface area contributed by atoms with Gasteiger partial charge in [-0.15, -0.1) is 10.2 Å². The van der Waals surface area contributed by atoms with Gasteiger partial charge in [0, 0.05) is 12.1 Å². The van der Waals surface area contributed by atoms with Crippen LogP contribution in [0, 0.1) is 13.8 Å². The molecule has 0 aliphatic heterocycles. The number of nitrogens with zero attached hydrogens (tertiary/aromatic N) is 2. The van der Waals surface area contributed by atoms with Crippen LogP contribution in [0.5, 0.6) is 0 Å². The number of carbonyl (C=O) groups excluding carboxylic acids is 2. The highest BCUT2D eigenvalue weighted by molar-refractivity contribution is 7.99. The van der Waals surface area contributed by atoms with Gasteiger partial charge in [-0.25, -0.2) is 4.79 Å². The summed E-state index contributed by atoms with van der Waals surface area (Å²) in [5.41, 5.74) is 3.16. The second kappa shape index (κ2) is 8.49. The van der Waals surface area contributed by atoms with Gasteiger partial charge in [0.1, 0.15) is 0 Å². The van der Waals surface area contributed by atoms with E-state index in [1.807, 2.05) is 39.0 Å². The lowest BCUT2D eigenvalue weighted by Crippen LogP contribution is -2.40. The Kier molecular flexibility index (Phi) is 6.36. The third kappa shape index (κ3) is 5.09. The van der Waals surface area contributed by atoms with Crippen LogP contribution in [0.2, 0.25) is 0 Å². The average Bonchev–Trinajstić information content (AvgIpc) is 3.02. The monoisotopic (exact) mass is 348 g/mol. The number of carbonyl (C=O) groups is 2. The summed E-state index contributed by atoms with van der Waals surface area (Å²) >= 11 is 1.08. The van der Waals surface area contributed by atoms with E-state index in [0.717, 1.165) is 29.3 Å². The van der Waals surface area contributed by atoms with E-state index in [2.05, 4.69) is 20.8 Å². The van der Waals surface area contributed by atoms with Crippen LogP contribution in [0.3, 0.4) is 0 Å². The molecular weight excluding hydrogens is 328 g/mol. The van der Waals surface area contributed by atoms with Gasteiger partial charge in [-0.05, 0) is 43.5 Å². The molecule has 0 atom stereocenters. The number of thioether (sulfide) groups is 1. The molecule has 0 bridgehead atoms. The zero-order chi connectivity index (χ0) is 17.5. The van der Waals surface area contributed by atoms with Crippen LogP contribution in [0.25, 0.3) is 11.5 Å². The summed E-state index contributed by atoms with van der Waals surface area (Å²) < 4.78 is 5.55. The molecule has 3 amide bonds. The number of imide groups is 1. The first-order valence-corrected chi connectivity index (χ1v) is 8.59. The summed E-state index contributed by atoms with van der Waals surface area (Å²) in [4.78, 5) is 23.0. The molecule has 1 aromatic carbocycles. The molecule has 0 aliphatic carbocycles. The van der Waals surface area contributed by atoms with E-state index in [0.29, 0.717) is 12.4 Å². The molecule has 24 heavy (non-hydrogen) atoms. The molecule has 0 saturated carbocycles. The predicted octanol–water partition coefficient (Wildman–Crippen LogP) is 2.68. The molecule has 0 radical (unpaired) electrons. The molecule has 0 fully saturated rings. The molecule has 2 N–H and O–H groups in total. The molecule has 2 aromatic rings. The van der Waals surface area contributed by atoms with E-state index < -0.39 is 11.9 Å². The summed E-state index contributed by atoms with van der Waals surface area (Å²) in [6.07, 6.45) is 0.805. The Morgan fingerprint density at radius 2 is 2.00 bits per heavy atom. The molecule has 0 aliphatic rings. The lowest BCUT2D eigenvalue weighted by molar-refractivity contribution is -0.117. The summed E-state index contributed by atoms with van der Waals surface area (Å²) in [5, 5.41) is 13.0. The van der Waals surface area contributed by atoms with E-state index >= 15 is 0 Å². The van der Waals surface area contributed by atoms with Gasteiger partial charge in [0.2, 0.25) is 11.8 Å². The fourth-order valence-electron chi connectivity index (χ4n) is 1.83. The second-order valence-electron chi connectivity index (χ2n) is 5.26. The maximum atomic E-state index is 11.7. The molecule has 0 saturated heterocycles. The topological polar surface area (TPSA) is 97.1 Å². The average molecular weight is 348 g/mol. The number of nitrogens with one attached hydrogen (secondary N) is 2. The zero-order valence-corrected chi connectivity index (χ0v) is 14.7. The minimum atomic E-state index is -0.496. The van der Waals surface area contributed by atoms with Crippen molar-refractivity contribution in [2.24, 2.45) is 0 Å². The van der Waals surface area contributed by atoms with E-state index in [9.17, 15) is 9.59 Å². The number of aryl methyl sites for hydroxylation is 2. The normalized spacial score (nSPS) is 10.5. The minimum absolute atomic E-state index is 0.0219. The number of amides is 3. The standard InChI is InChI=1S/C16H20N4O3S/c1-4-7-17-15(22)18-13(21)9-24-16-20-19-14(23-16)12-6-5-10(2)11(3)8-12/h5-6,8H,4,7,9H2,1-3H3,(H2,17,18,21,22). The number of hydrogen-bond acceptors (Lipinski definition) is 6. The van der Waals surface area contributed by atoms with Crippen molar-refractivity contribution >= 4 is 23.7 Å². The van der Waals surface area contributed by atoms with Gasteiger partial charge in [0.15, 0.2) is 0 Å². The Bertz CT molecular complexity index is 730. The fourth-order valence-corrected chi connectivity index (χ4v) is 2.40. The van der Waals surface area contributed by atoms with Crippen molar-refractivity contribution in [3.63, 3.8) is 0 Å². The van der Waals surface area contributed by atoms with Gasteiger partial charge in [0.25, 0.3) is 5.22 Å². The third-order valence-corrected chi connectivity index (χ3v) is 4.09. The smallest absolute Gasteiger partial charge is 0.321 e. The van der Waals surface area contributed by atoms with Crippen molar-refractivity contribution in [2.75, 3.05) is 12.3 Å². The number of rotatable bonds is 6. The highest BCUT2D eigenvalue weighted by Gasteiger charge is 2.13. The van der Waals surface area contributed by atoms with Gasteiger partial charge >= 0.3 is 6.03 Å². The van der Waals surface area contributed by atoms with Crippen molar-refractivity contribution in [3.05, 3.63) is 29.3 Å².